The van der Waals surface area contributed by atoms with Gasteiger partial charge < -0.3 is 10.1 Å². The fourth-order valence-electron chi connectivity index (χ4n) is 2.60. The number of halogens is 2. The van der Waals surface area contributed by atoms with Crippen molar-refractivity contribution in [1.29, 1.82) is 0 Å². The molecule has 1 aliphatic carbocycles. The second-order valence-electron chi connectivity index (χ2n) is 5.69. The van der Waals surface area contributed by atoms with Gasteiger partial charge in [0.25, 0.3) is 5.91 Å². The summed E-state index contributed by atoms with van der Waals surface area (Å²) in [5.74, 6) is 1.18. The Hall–Kier alpha value is -1.52. The molecule has 0 aromatic heterocycles. The van der Waals surface area contributed by atoms with Gasteiger partial charge in [-0.3, -0.25) is 4.79 Å². The first-order valence-electron chi connectivity index (χ1n) is 7.48. The lowest BCUT2D eigenvalue weighted by Gasteiger charge is -2.19. The predicted octanol–water partition coefficient (Wildman–Crippen LogP) is 4.99. The molecule has 1 saturated carbocycles. The molecule has 0 saturated heterocycles. The van der Waals surface area contributed by atoms with Gasteiger partial charge in [-0.2, -0.15) is 0 Å². The molecule has 1 aliphatic rings. The van der Waals surface area contributed by atoms with Gasteiger partial charge in [0.1, 0.15) is 5.75 Å². The van der Waals surface area contributed by atoms with Gasteiger partial charge in [0.15, 0.2) is 0 Å². The average molecular weight is 395 g/mol. The Labute approximate surface area is 149 Å². The van der Waals surface area contributed by atoms with E-state index in [0.717, 1.165) is 28.6 Å². The topological polar surface area (TPSA) is 38.3 Å². The van der Waals surface area contributed by atoms with Crippen LogP contribution in [0.15, 0.2) is 46.9 Å². The minimum Gasteiger partial charge on any atom is -0.497 e. The molecule has 1 fully saturated rings. The molecule has 1 amide bonds. The van der Waals surface area contributed by atoms with Crippen molar-refractivity contribution < 1.29 is 9.53 Å². The van der Waals surface area contributed by atoms with Gasteiger partial charge in [0, 0.05) is 9.50 Å². The summed E-state index contributed by atoms with van der Waals surface area (Å²) in [6.07, 6.45) is 2.27. The number of hydrogen-bond donors (Lipinski definition) is 1. The number of nitrogens with one attached hydrogen (secondary N) is 1. The average Bonchev–Trinajstić information content (AvgIpc) is 3.39. The molecule has 120 valence electrons. The zero-order chi connectivity index (χ0) is 16.4. The number of methoxy groups -OCH3 is 1. The lowest BCUT2D eigenvalue weighted by molar-refractivity contribution is 0.0931. The van der Waals surface area contributed by atoms with Gasteiger partial charge in [0.2, 0.25) is 0 Å². The third-order valence-electron chi connectivity index (χ3n) is 4.03. The third-order valence-corrected chi connectivity index (χ3v) is 4.95. The van der Waals surface area contributed by atoms with Crippen molar-refractivity contribution in [2.24, 2.45) is 5.92 Å². The van der Waals surface area contributed by atoms with Crippen LogP contribution in [0.3, 0.4) is 0 Å². The smallest absolute Gasteiger partial charge is 0.252 e. The van der Waals surface area contributed by atoms with E-state index in [0.29, 0.717) is 16.5 Å². The van der Waals surface area contributed by atoms with Gasteiger partial charge in [-0.25, -0.2) is 0 Å². The van der Waals surface area contributed by atoms with E-state index >= 15 is 0 Å². The summed E-state index contributed by atoms with van der Waals surface area (Å²) >= 11 is 9.42. The Morgan fingerprint density at radius 1 is 1.26 bits per heavy atom. The van der Waals surface area contributed by atoms with Crippen molar-refractivity contribution in [2.75, 3.05) is 7.11 Å². The summed E-state index contributed by atoms with van der Waals surface area (Å²) in [5.41, 5.74) is 1.65. The maximum Gasteiger partial charge on any atom is 0.252 e. The highest BCUT2D eigenvalue weighted by Gasteiger charge is 2.33. The highest BCUT2D eigenvalue weighted by Crippen LogP contribution is 2.41. The lowest BCUT2D eigenvalue weighted by atomic mass is 10.0. The van der Waals surface area contributed by atoms with E-state index in [1.165, 1.54) is 0 Å². The number of carbonyl (C=O) groups is 1. The summed E-state index contributed by atoms with van der Waals surface area (Å²) in [6, 6.07) is 13.1. The fraction of sp³-hybridized carbons (Fsp3) is 0.278. The van der Waals surface area contributed by atoms with E-state index in [1.54, 1.807) is 25.3 Å². The molecule has 0 spiro atoms. The van der Waals surface area contributed by atoms with Crippen LogP contribution in [0, 0.1) is 5.92 Å². The molecular weight excluding hydrogens is 378 g/mol. The Balaban J connectivity index is 1.82. The first kappa shape index (κ1) is 16.3. The number of amides is 1. The highest BCUT2D eigenvalue weighted by atomic mass is 79.9. The van der Waals surface area contributed by atoms with Crippen LogP contribution in [-0.2, 0) is 0 Å². The Kier molecular flexibility index (Phi) is 4.93. The molecule has 3 rings (SSSR count). The van der Waals surface area contributed by atoms with Crippen LogP contribution >= 0.6 is 27.5 Å². The van der Waals surface area contributed by atoms with Gasteiger partial charge >= 0.3 is 0 Å². The summed E-state index contributed by atoms with van der Waals surface area (Å²) < 4.78 is 5.94. The molecule has 5 heteroatoms. The van der Waals surface area contributed by atoms with Crippen LogP contribution in [0.4, 0.5) is 0 Å². The predicted molar refractivity (Wildman–Crippen MR) is 95.1 cm³/mol. The van der Waals surface area contributed by atoms with Crippen molar-refractivity contribution in [3.05, 3.63) is 63.1 Å². The number of carbonyl (C=O) groups excluding carboxylic acids is 1. The number of ether oxygens (including phenoxy) is 1. The Morgan fingerprint density at radius 3 is 2.57 bits per heavy atom. The first-order chi connectivity index (χ1) is 11.1. The normalized spacial score (nSPS) is 15.1. The summed E-state index contributed by atoms with van der Waals surface area (Å²) in [6.45, 7) is 0. The standard InChI is InChI=1S/C18H17BrClNO2/c1-23-14-7-4-12(5-8-14)17(11-2-3-11)21-18(22)15-10-13(20)6-9-16(15)19/h4-11,17H,2-3H2,1H3,(H,21,22). The largest absolute Gasteiger partial charge is 0.497 e. The van der Waals surface area contributed by atoms with Gasteiger partial charge in [-0.05, 0) is 70.6 Å². The molecule has 0 bridgehead atoms. The maximum atomic E-state index is 12.6. The molecule has 1 atom stereocenters. The minimum absolute atomic E-state index is 0.0132. The van der Waals surface area contributed by atoms with E-state index in [2.05, 4.69) is 21.2 Å². The van der Waals surface area contributed by atoms with Crippen LogP contribution in [0.5, 0.6) is 5.75 Å². The van der Waals surface area contributed by atoms with E-state index in [4.69, 9.17) is 16.3 Å². The molecule has 1 N–H and O–H groups in total. The Bertz CT molecular complexity index is 713. The molecule has 0 aliphatic heterocycles. The molecule has 23 heavy (non-hydrogen) atoms. The van der Waals surface area contributed by atoms with Crippen molar-refractivity contribution in [3.63, 3.8) is 0 Å². The Morgan fingerprint density at radius 2 is 1.96 bits per heavy atom. The van der Waals surface area contributed by atoms with Gasteiger partial charge in [0.05, 0.1) is 18.7 Å². The quantitative estimate of drug-likeness (QED) is 0.775. The molecule has 1 unspecified atom stereocenters. The fourth-order valence-corrected chi connectivity index (χ4v) is 3.20. The highest BCUT2D eigenvalue weighted by molar-refractivity contribution is 9.10. The van der Waals surface area contributed by atoms with Crippen LogP contribution in [0.1, 0.15) is 34.8 Å². The number of hydrogen-bond acceptors (Lipinski definition) is 2. The van der Waals surface area contributed by atoms with Crippen LogP contribution in [0.25, 0.3) is 0 Å². The summed E-state index contributed by atoms with van der Waals surface area (Å²) in [7, 11) is 1.64. The zero-order valence-corrected chi connectivity index (χ0v) is 15.0. The van der Waals surface area contributed by atoms with E-state index in [9.17, 15) is 4.79 Å². The SMILES string of the molecule is COc1ccc(C(NC(=O)c2cc(Cl)ccc2Br)C2CC2)cc1. The van der Waals surface area contributed by atoms with Crippen molar-refractivity contribution in [1.82, 2.24) is 5.32 Å². The van der Waals surface area contributed by atoms with Crippen LogP contribution < -0.4 is 10.1 Å². The van der Waals surface area contributed by atoms with Gasteiger partial charge in [-0.1, -0.05) is 23.7 Å². The second kappa shape index (κ2) is 6.93. The van der Waals surface area contributed by atoms with Crippen molar-refractivity contribution in [3.8, 4) is 5.75 Å². The van der Waals surface area contributed by atoms with Crippen LogP contribution in [-0.4, -0.2) is 13.0 Å². The van der Waals surface area contributed by atoms with E-state index in [-0.39, 0.29) is 11.9 Å². The number of benzene rings is 2. The molecule has 0 heterocycles. The molecule has 2 aromatic carbocycles. The molecule has 0 radical (unpaired) electrons. The minimum atomic E-state index is -0.118. The molecule has 3 nitrogen and oxygen atoms in total. The summed E-state index contributed by atoms with van der Waals surface area (Å²) in [4.78, 5) is 12.6. The zero-order valence-electron chi connectivity index (χ0n) is 12.7. The monoisotopic (exact) mass is 393 g/mol. The van der Waals surface area contributed by atoms with E-state index in [1.807, 2.05) is 24.3 Å². The van der Waals surface area contributed by atoms with Crippen LogP contribution in [0.2, 0.25) is 5.02 Å². The van der Waals surface area contributed by atoms with Crippen molar-refractivity contribution in [2.45, 2.75) is 18.9 Å². The molecule has 2 aromatic rings. The van der Waals surface area contributed by atoms with E-state index < -0.39 is 0 Å². The third kappa shape index (κ3) is 3.88. The summed E-state index contributed by atoms with van der Waals surface area (Å²) in [5, 5.41) is 3.70. The first-order valence-corrected chi connectivity index (χ1v) is 8.65. The maximum absolute atomic E-state index is 12.6. The van der Waals surface area contributed by atoms with Gasteiger partial charge in [-0.15, -0.1) is 0 Å². The van der Waals surface area contributed by atoms with Crippen molar-refractivity contribution >= 4 is 33.4 Å². The molecular formula is C18H17BrClNO2. The number of rotatable bonds is 5. The second-order valence-corrected chi connectivity index (χ2v) is 6.98. The lowest BCUT2D eigenvalue weighted by Crippen LogP contribution is -2.30.